The van der Waals surface area contributed by atoms with Crippen LogP contribution in [0.2, 0.25) is 10.0 Å². The number of hydrogen-bond donors (Lipinski definition) is 2. The zero-order chi connectivity index (χ0) is 14.5. The molecule has 2 rings (SSSR count). The number of thioether (sulfide) groups is 1. The van der Waals surface area contributed by atoms with Crippen molar-refractivity contribution in [1.82, 2.24) is 5.32 Å². The number of nitrogens with zero attached hydrogens (tertiary/aromatic N) is 1. The van der Waals surface area contributed by atoms with Crippen LogP contribution in [0.5, 0.6) is 0 Å². The molecule has 1 heterocycles. The van der Waals surface area contributed by atoms with Crippen LogP contribution in [0, 0.1) is 0 Å². The molecular formula is C14H20Cl2IN3S. The van der Waals surface area contributed by atoms with Crippen molar-refractivity contribution in [2.24, 2.45) is 10.7 Å². The number of hydrogen-bond acceptors (Lipinski definition) is 2. The zero-order valence-electron chi connectivity index (χ0n) is 11.8. The van der Waals surface area contributed by atoms with Crippen LogP contribution in [0.4, 0.5) is 0 Å². The van der Waals surface area contributed by atoms with Gasteiger partial charge in [0, 0.05) is 15.3 Å². The van der Waals surface area contributed by atoms with Crippen LogP contribution in [-0.4, -0.2) is 23.5 Å². The molecule has 118 valence electrons. The largest absolute Gasteiger partial charge is 0.370 e. The molecule has 1 saturated heterocycles. The molecule has 1 fully saturated rings. The Morgan fingerprint density at radius 1 is 1.52 bits per heavy atom. The van der Waals surface area contributed by atoms with E-state index in [2.05, 4.69) is 10.3 Å². The summed E-state index contributed by atoms with van der Waals surface area (Å²) in [5.41, 5.74) is 6.89. The Bertz CT molecular complexity index is 493. The van der Waals surface area contributed by atoms with Gasteiger partial charge in [0.15, 0.2) is 5.96 Å². The molecule has 3 nitrogen and oxygen atoms in total. The quantitative estimate of drug-likeness (QED) is 0.396. The summed E-state index contributed by atoms with van der Waals surface area (Å²) in [4.78, 5) is 4.41. The van der Waals surface area contributed by atoms with Crippen molar-refractivity contribution in [2.45, 2.75) is 31.1 Å². The Hall–Kier alpha value is 0.150. The molecule has 2 unspecified atom stereocenters. The first-order valence-electron chi connectivity index (χ1n) is 6.69. The van der Waals surface area contributed by atoms with E-state index in [-0.39, 0.29) is 30.0 Å². The number of guanidine groups is 1. The molecule has 21 heavy (non-hydrogen) atoms. The maximum absolute atomic E-state index is 6.18. The van der Waals surface area contributed by atoms with E-state index in [1.54, 1.807) is 6.07 Å². The van der Waals surface area contributed by atoms with Crippen LogP contribution < -0.4 is 11.1 Å². The van der Waals surface area contributed by atoms with E-state index >= 15 is 0 Å². The average Bonchev–Trinajstić information content (AvgIpc) is 2.89. The molecule has 0 spiro atoms. The highest BCUT2D eigenvalue weighted by Crippen LogP contribution is 2.27. The van der Waals surface area contributed by atoms with Gasteiger partial charge in [-0.1, -0.05) is 29.3 Å². The van der Waals surface area contributed by atoms with E-state index in [4.69, 9.17) is 28.9 Å². The second-order valence-corrected chi connectivity index (χ2v) is 7.14. The van der Waals surface area contributed by atoms with Gasteiger partial charge in [-0.3, -0.25) is 4.99 Å². The molecule has 0 radical (unpaired) electrons. The summed E-state index contributed by atoms with van der Waals surface area (Å²) < 4.78 is 0. The van der Waals surface area contributed by atoms with Gasteiger partial charge in [0.2, 0.25) is 0 Å². The molecule has 0 aromatic heterocycles. The second kappa shape index (κ2) is 9.33. The lowest BCUT2D eigenvalue weighted by Gasteiger charge is -2.17. The minimum Gasteiger partial charge on any atom is -0.370 e. The third-order valence-electron chi connectivity index (χ3n) is 3.28. The number of nitrogens with one attached hydrogen (secondary N) is 1. The van der Waals surface area contributed by atoms with Crippen molar-refractivity contribution in [2.75, 3.05) is 12.3 Å². The van der Waals surface area contributed by atoms with Gasteiger partial charge in [0.05, 0.1) is 12.6 Å². The molecular weight excluding hydrogens is 440 g/mol. The molecule has 0 aliphatic carbocycles. The van der Waals surface area contributed by atoms with Crippen molar-refractivity contribution in [3.63, 3.8) is 0 Å². The first-order valence-corrected chi connectivity index (χ1v) is 8.49. The van der Waals surface area contributed by atoms with Crippen LogP contribution in [-0.2, 0) is 0 Å². The van der Waals surface area contributed by atoms with Crippen LogP contribution in [0.15, 0.2) is 23.2 Å². The monoisotopic (exact) mass is 459 g/mol. The maximum atomic E-state index is 6.18. The molecule has 1 aliphatic heterocycles. The fourth-order valence-corrected chi connectivity index (χ4v) is 3.94. The molecule has 0 saturated carbocycles. The molecule has 1 aromatic carbocycles. The van der Waals surface area contributed by atoms with Crippen molar-refractivity contribution in [1.29, 1.82) is 0 Å². The van der Waals surface area contributed by atoms with Crippen LogP contribution in [0.1, 0.15) is 31.4 Å². The standard InChI is InChI=1S/C14H19Cl2N3S.HI/c1-9(12-5-4-10(15)7-13(12)16)19-14(17)18-8-11-3-2-6-20-11;/h4-5,7,9,11H,2-3,6,8H2,1H3,(H3,17,18,19);1H. The smallest absolute Gasteiger partial charge is 0.189 e. The summed E-state index contributed by atoms with van der Waals surface area (Å²) in [6.07, 6.45) is 2.52. The normalized spacial score (nSPS) is 20.0. The van der Waals surface area contributed by atoms with Crippen LogP contribution >= 0.6 is 58.9 Å². The Kier molecular flexibility index (Phi) is 8.52. The molecule has 0 amide bonds. The Balaban J connectivity index is 0.00000220. The lowest BCUT2D eigenvalue weighted by molar-refractivity contribution is 0.703. The minimum atomic E-state index is -0.000234. The van der Waals surface area contributed by atoms with Gasteiger partial charge in [-0.2, -0.15) is 11.8 Å². The first kappa shape index (κ1) is 19.2. The summed E-state index contributed by atoms with van der Waals surface area (Å²) in [5, 5.41) is 5.05. The fraction of sp³-hybridized carbons (Fsp3) is 0.500. The summed E-state index contributed by atoms with van der Waals surface area (Å²) >= 11 is 14.1. The molecule has 3 N–H and O–H groups in total. The van der Waals surface area contributed by atoms with E-state index in [1.807, 2.05) is 30.8 Å². The average molecular weight is 460 g/mol. The minimum absolute atomic E-state index is 0. The van der Waals surface area contributed by atoms with Gasteiger partial charge >= 0.3 is 0 Å². The molecule has 7 heteroatoms. The summed E-state index contributed by atoms with van der Waals surface area (Å²) in [6, 6.07) is 5.46. The predicted molar refractivity (Wildman–Crippen MR) is 105 cm³/mol. The van der Waals surface area contributed by atoms with Crippen molar-refractivity contribution < 1.29 is 0 Å². The predicted octanol–water partition coefficient (Wildman–Crippen LogP) is 4.47. The third kappa shape index (κ3) is 6.04. The Morgan fingerprint density at radius 2 is 2.29 bits per heavy atom. The highest BCUT2D eigenvalue weighted by molar-refractivity contribution is 14.0. The summed E-state index contributed by atoms with van der Waals surface area (Å²) in [7, 11) is 0. The first-order chi connectivity index (χ1) is 9.56. The molecule has 1 aromatic rings. The van der Waals surface area contributed by atoms with Crippen molar-refractivity contribution in [3.05, 3.63) is 33.8 Å². The van der Waals surface area contributed by atoms with E-state index in [0.29, 0.717) is 21.3 Å². The van der Waals surface area contributed by atoms with E-state index in [9.17, 15) is 0 Å². The van der Waals surface area contributed by atoms with Gasteiger partial charge in [0.25, 0.3) is 0 Å². The molecule has 0 bridgehead atoms. The van der Waals surface area contributed by atoms with Gasteiger partial charge < -0.3 is 11.1 Å². The Labute approximate surface area is 157 Å². The number of aliphatic imine (C=N–C) groups is 1. The lowest BCUT2D eigenvalue weighted by atomic mass is 10.1. The topological polar surface area (TPSA) is 50.4 Å². The third-order valence-corrected chi connectivity index (χ3v) is 5.23. The molecule has 2 atom stereocenters. The van der Waals surface area contributed by atoms with E-state index in [0.717, 1.165) is 12.1 Å². The van der Waals surface area contributed by atoms with Crippen LogP contribution in [0.3, 0.4) is 0 Å². The van der Waals surface area contributed by atoms with Crippen molar-refractivity contribution in [3.8, 4) is 0 Å². The van der Waals surface area contributed by atoms with E-state index < -0.39 is 0 Å². The van der Waals surface area contributed by atoms with Gasteiger partial charge in [-0.15, -0.1) is 24.0 Å². The number of benzene rings is 1. The highest BCUT2D eigenvalue weighted by atomic mass is 127. The number of nitrogens with two attached hydrogens (primary N) is 1. The second-order valence-electron chi connectivity index (χ2n) is 4.89. The highest BCUT2D eigenvalue weighted by Gasteiger charge is 2.15. The fourth-order valence-electron chi connectivity index (χ4n) is 2.19. The SMILES string of the molecule is CC(NC(N)=NCC1CCCS1)c1ccc(Cl)cc1Cl.I. The number of rotatable bonds is 4. The maximum Gasteiger partial charge on any atom is 0.189 e. The van der Waals surface area contributed by atoms with Gasteiger partial charge in [-0.25, -0.2) is 0 Å². The Morgan fingerprint density at radius 3 is 2.90 bits per heavy atom. The van der Waals surface area contributed by atoms with Crippen LogP contribution in [0.25, 0.3) is 0 Å². The number of halogens is 3. The lowest BCUT2D eigenvalue weighted by Crippen LogP contribution is -2.34. The van der Waals surface area contributed by atoms with E-state index in [1.165, 1.54) is 18.6 Å². The summed E-state index contributed by atoms with van der Waals surface area (Å²) in [5.74, 6) is 1.71. The zero-order valence-corrected chi connectivity index (χ0v) is 16.5. The van der Waals surface area contributed by atoms with Gasteiger partial charge in [-0.05, 0) is 43.2 Å². The van der Waals surface area contributed by atoms with Gasteiger partial charge in [0.1, 0.15) is 0 Å². The summed E-state index contributed by atoms with van der Waals surface area (Å²) in [6.45, 7) is 2.78. The molecule has 1 aliphatic rings. The van der Waals surface area contributed by atoms with Crippen molar-refractivity contribution >= 4 is 64.9 Å².